The molecule has 0 aliphatic heterocycles. The highest BCUT2D eigenvalue weighted by Gasteiger charge is 2.02. The third-order valence-corrected chi connectivity index (χ3v) is 3.35. The van der Waals surface area contributed by atoms with Gasteiger partial charge in [0.25, 0.3) is 0 Å². The topological polar surface area (TPSA) is 34.1 Å². The second-order valence-corrected chi connectivity index (χ2v) is 4.91. The summed E-state index contributed by atoms with van der Waals surface area (Å²) < 4.78 is 6.73. The highest BCUT2D eigenvalue weighted by Crippen LogP contribution is 2.24. The van der Waals surface area contributed by atoms with Gasteiger partial charge >= 0.3 is 0 Å². The lowest BCUT2D eigenvalue weighted by Gasteiger charge is -2.08. The average Bonchev–Trinajstić information content (AvgIpc) is 2.35. The summed E-state index contributed by atoms with van der Waals surface area (Å²) in [5.74, 6) is 1.41. The molecule has 0 fully saturated rings. The maximum absolute atomic E-state index is 5.74. The monoisotopic (exact) mass is 306 g/mol. The van der Waals surface area contributed by atoms with Crippen LogP contribution in [0.1, 0.15) is 11.1 Å². The molecule has 1 aromatic heterocycles. The lowest BCUT2D eigenvalue weighted by atomic mass is 10.2. The molecule has 0 amide bonds. The Bertz CT molecular complexity index is 543. The van der Waals surface area contributed by atoms with Crippen LogP contribution >= 0.6 is 15.9 Å². The molecule has 2 rings (SSSR count). The zero-order chi connectivity index (χ0) is 13.0. The summed E-state index contributed by atoms with van der Waals surface area (Å²) in [6.45, 7) is 2.83. The second-order valence-electron chi connectivity index (χ2n) is 4.05. The van der Waals surface area contributed by atoms with Gasteiger partial charge in [-0.2, -0.15) is 0 Å². The Morgan fingerprint density at radius 2 is 2.17 bits per heavy atom. The van der Waals surface area contributed by atoms with Gasteiger partial charge in [0.1, 0.15) is 5.75 Å². The first-order valence-corrected chi connectivity index (χ1v) is 6.52. The van der Waals surface area contributed by atoms with E-state index in [1.165, 1.54) is 5.56 Å². The number of rotatable bonds is 4. The van der Waals surface area contributed by atoms with E-state index in [9.17, 15) is 0 Å². The molecule has 94 valence electrons. The maximum atomic E-state index is 5.74. The van der Waals surface area contributed by atoms with Crippen molar-refractivity contribution in [2.45, 2.75) is 13.5 Å². The molecular weight excluding hydrogens is 292 g/mol. The first-order chi connectivity index (χ1) is 8.69. The van der Waals surface area contributed by atoms with Crippen molar-refractivity contribution in [3.63, 3.8) is 0 Å². The fraction of sp³-hybridized carbons (Fsp3) is 0.214. The number of nitrogens with one attached hydrogen (secondary N) is 1. The van der Waals surface area contributed by atoms with Crippen LogP contribution in [0, 0.1) is 6.92 Å². The molecular formula is C14H15BrN2O. The quantitative estimate of drug-likeness (QED) is 0.936. The summed E-state index contributed by atoms with van der Waals surface area (Å²) in [5.41, 5.74) is 2.29. The van der Waals surface area contributed by atoms with Crippen LogP contribution in [0.4, 0.5) is 0 Å². The minimum atomic E-state index is 0.609. The van der Waals surface area contributed by atoms with E-state index in [0.717, 1.165) is 22.3 Å². The number of hydrogen-bond donors (Lipinski definition) is 1. The standard InChI is InChI=1S/C14H15BrN2O/c1-10-6-14(17-9-13(10)15)18-12-5-3-4-11(7-12)8-16-2/h3-7,9,16H,8H2,1-2H3. The van der Waals surface area contributed by atoms with Crippen molar-refractivity contribution in [3.8, 4) is 11.6 Å². The Morgan fingerprint density at radius 3 is 2.89 bits per heavy atom. The molecule has 1 aromatic carbocycles. The minimum absolute atomic E-state index is 0.609. The Balaban J connectivity index is 2.17. The number of aryl methyl sites for hydroxylation is 1. The van der Waals surface area contributed by atoms with E-state index in [4.69, 9.17) is 4.74 Å². The highest BCUT2D eigenvalue weighted by molar-refractivity contribution is 9.10. The van der Waals surface area contributed by atoms with Gasteiger partial charge in [-0.3, -0.25) is 0 Å². The van der Waals surface area contributed by atoms with Gasteiger partial charge in [0, 0.05) is 23.3 Å². The smallest absolute Gasteiger partial charge is 0.219 e. The van der Waals surface area contributed by atoms with Gasteiger partial charge in [-0.1, -0.05) is 12.1 Å². The van der Waals surface area contributed by atoms with E-state index in [1.54, 1.807) is 6.20 Å². The van der Waals surface area contributed by atoms with Crippen molar-refractivity contribution >= 4 is 15.9 Å². The van der Waals surface area contributed by atoms with Crippen molar-refractivity contribution in [2.75, 3.05) is 7.05 Å². The summed E-state index contributed by atoms with van der Waals surface area (Å²) in [6.07, 6.45) is 1.75. The van der Waals surface area contributed by atoms with E-state index >= 15 is 0 Å². The predicted octanol–water partition coefficient (Wildman–Crippen LogP) is 3.66. The molecule has 18 heavy (non-hydrogen) atoms. The van der Waals surface area contributed by atoms with Gasteiger partial charge in [0.05, 0.1) is 0 Å². The lowest BCUT2D eigenvalue weighted by molar-refractivity contribution is 0.461. The van der Waals surface area contributed by atoms with Gasteiger partial charge in [-0.15, -0.1) is 0 Å². The molecule has 0 aliphatic carbocycles. The molecule has 0 bridgehead atoms. The van der Waals surface area contributed by atoms with E-state index in [0.29, 0.717) is 5.88 Å². The Morgan fingerprint density at radius 1 is 1.33 bits per heavy atom. The zero-order valence-corrected chi connectivity index (χ0v) is 12.0. The van der Waals surface area contributed by atoms with Crippen LogP contribution in [0.5, 0.6) is 11.6 Å². The summed E-state index contributed by atoms with van der Waals surface area (Å²) >= 11 is 3.42. The largest absolute Gasteiger partial charge is 0.439 e. The number of nitrogens with zero attached hydrogens (tertiary/aromatic N) is 1. The Hall–Kier alpha value is -1.39. The zero-order valence-electron chi connectivity index (χ0n) is 10.4. The molecule has 0 unspecified atom stereocenters. The molecule has 0 atom stereocenters. The fourth-order valence-corrected chi connectivity index (χ4v) is 1.83. The van der Waals surface area contributed by atoms with Crippen LogP contribution in [0.25, 0.3) is 0 Å². The van der Waals surface area contributed by atoms with Crippen LogP contribution in [0.15, 0.2) is 41.0 Å². The van der Waals surface area contributed by atoms with Crippen molar-refractivity contribution in [2.24, 2.45) is 0 Å². The van der Waals surface area contributed by atoms with Crippen molar-refractivity contribution in [3.05, 3.63) is 52.1 Å². The van der Waals surface area contributed by atoms with Crippen LogP contribution in [-0.4, -0.2) is 12.0 Å². The number of aromatic nitrogens is 1. The normalized spacial score (nSPS) is 10.4. The molecule has 0 radical (unpaired) electrons. The van der Waals surface area contributed by atoms with Gasteiger partial charge in [0.2, 0.25) is 5.88 Å². The molecule has 3 nitrogen and oxygen atoms in total. The molecule has 0 saturated heterocycles. The first kappa shape index (κ1) is 13.1. The molecule has 1 heterocycles. The third-order valence-electron chi connectivity index (χ3n) is 2.52. The maximum Gasteiger partial charge on any atom is 0.219 e. The molecule has 0 spiro atoms. The fourth-order valence-electron chi connectivity index (χ4n) is 1.61. The Labute approximate surface area is 115 Å². The minimum Gasteiger partial charge on any atom is -0.439 e. The van der Waals surface area contributed by atoms with Crippen LogP contribution in [0.2, 0.25) is 0 Å². The van der Waals surface area contributed by atoms with Gasteiger partial charge in [-0.05, 0) is 53.2 Å². The average molecular weight is 307 g/mol. The number of benzene rings is 1. The summed E-state index contributed by atoms with van der Waals surface area (Å²) in [6, 6.07) is 9.89. The van der Waals surface area contributed by atoms with Crippen LogP contribution in [-0.2, 0) is 6.54 Å². The third kappa shape index (κ3) is 3.31. The molecule has 4 heteroatoms. The number of pyridine rings is 1. The van der Waals surface area contributed by atoms with Gasteiger partial charge < -0.3 is 10.1 Å². The van der Waals surface area contributed by atoms with Gasteiger partial charge in [0.15, 0.2) is 0 Å². The SMILES string of the molecule is CNCc1cccc(Oc2cc(C)c(Br)cn2)c1. The first-order valence-electron chi connectivity index (χ1n) is 5.72. The highest BCUT2D eigenvalue weighted by atomic mass is 79.9. The molecule has 2 aromatic rings. The van der Waals surface area contributed by atoms with Gasteiger partial charge in [-0.25, -0.2) is 4.98 Å². The second kappa shape index (κ2) is 5.98. The molecule has 1 N–H and O–H groups in total. The molecule has 0 aliphatic rings. The molecule has 0 saturated carbocycles. The van der Waals surface area contributed by atoms with Crippen molar-refractivity contribution in [1.82, 2.24) is 10.3 Å². The Kier molecular flexibility index (Phi) is 4.33. The van der Waals surface area contributed by atoms with Crippen LogP contribution < -0.4 is 10.1 Å². The summed E-state index contributed by atoms with van der Waals surface area (Å²) in [5, 5.41) is 3.11. The predicted molar refractivity (Wildman–Crippen MR) is 76.0 cm³/mol. The van der Waals surface area contributed by atoms with E-state index < -0.39 is 0 Å². The number of halogens is 1. The van der Waals surface area contributed by atoms with Crippen LogP contribution in [0.3, 0.4) is 0 Å². The summed E-state index contributed by atoms with van der Waals surface area (Å²) in [4.78, 5) is 4.23. The van der Waals surface area contributed by atoms with E-state index in [1.807, 2.05) is 38.2 Å². The van der Waals surface area contributed by atoms with Crippen molar-refractivity contribution < 1.29 is 4.74 Å². The number of ether oxygens (including phenoxy) is 1. The van der Waals surface area contributed by atoms with Crippen molar-refractivity contribution in [1.29, 1.82) is 0 Å². The number of hydrogen-bond acceptors (Lipinski definition) is 3. The van der Waals surface area contributed by atoms with E-state index in [2.05, 4.69) is 32.3 Å². The summed E-state index contributed by atoms with van der Waals surface area (Å²) in [7, 11) is 1.92. The lowest BCUT2D eigenvalue weighted by Crippen LogP contribution is -2.04. The van der Waals surface area contributed by atoms with E-state index in [-0.39, 0.29) is 0 Å².